The van der Waals surface area contributed by atoms with Crippen molar-refractivity contribution in [3.05, 3.63) is 20.8 Å². The van der Waals surface area contributed by atoms with Crippen LogP contribution in [0.4, 0.5) is 0 Å². The summed E-state index contributed by atoms with van der Waals surface area (Å²) >= 11 is 4.56. The van der Waals surface area contributed by atoms with Crippen molar-refractivity contribution in [2.75, 3.05) is 0 Å². The largest absolute Gasteiger partial charge is 0.192 e. The van der Waals surface area contributed by atoms with E-state index in [1.807, 2.05) is 6.07 Å². The third-order valence-electron chi connectivity index (χ3n) is 0.682. The van der Waals surface area contributed by atoms with Gasteiger partial charge in [-0.1, -0.05) is 0 Å². The molecule has 8 heavy (non-hydrogen) atoms. The lowest BCUT2D eigenvalue weighted by Crippen LogP contribution is -1.61. The van der Waals surface area contributed by atoms with E-state index in [9.17, 15) is 0 Å². The van der Waals surface area contributed by atoms with Gasteiger partial charge in [0.2, 0.25) is 0 Å². The minimum atomic E-state index is 0.662. The highest BCUT2D eigenvalue weighted by molar-refractivity contribution is 9.10. The van der Waals surface area contributed by atoms with Gasteiger partial charge in [-0.15, -0.1) is 11.3 Å². The number of hydrogen-bond donors (Lipinski definition) is 0. The first-order valence-corrected chi connectivity index (χ1v) is 3.56. The Labute approximate surface area is 59.7 Å². The fraction of sp³-hybridized carbons (Fsp3) is 0. The monoisotopic (exact) mass is 186 g/mol. The van der Waals surface area contributed by atoms with Gasteiger partial charge in [0.25, 0.3) is 0 Å². The van der Waals surface area contributed by atoms with E-state index in [1.165, 1.54) is 11.3 Å². The number of nitriles is 1. The minimum absolute atomic E-state index is 0.662. The number of halogens is 1. The third-order valence-corrected chi connectivity index (χ3v) is 2.25. The highest BCUT2D eigenvalue weighted by atomic mass is 79.9. The average Bonchev–Trinajstić information content (AvgIpc) is 2.14. The fourth-order valence-electron chi connectivity index (χ4n) is 0.322. The van der Waals surface area contributed by atoms with Gasteiger partial charge in [-0.2, -0.15) is 5.26 Å². The summed E-state index contributed by atoms with van der Waals surface area (Å²) in [4.78, 5) is 0. The van der Waals surface area contributed by atoms with Crippen molar-refractivity contribution in [3.63, 3.8) is 0 Å². The summed E-state index contributed by atoms with van der Waals surface area (Å²) in [5.74, 6) is 0. The molecular formula is C5HBrNS. The van der Waals surface area contributed by atoms with Crippen LogP contribution in [0, 0.1) is 16.7 Å². The standard InChI is InChI=1S/C5HBrNS/c6-5-3-8-2-4(5)1-7/h2H. The first-order valence-electron chi connectivity index (χ1n) is 1.89. The van der Waals surface area contributed by atoms with Crippen LogP contribution in [0.5, 0.6) is 0 Å². The summed E-state index contributed by atoms with van der Waals surface area (Å²) in [5, 5.41) is 12.9. The summed E-state index contributed by atoms with van der Waals surface area (Å²) in [7, 11) is 0. The van der Waals surface area contributed by atoms with E-state index in [4.69, 9.17) is 5.26 Å². The van der Waals surface area contributed by atoms with Gasteiger partial charge in [0.05, 0.1) is 15.4 Å². The first-order chi connectivity index (χ1) is 3.84. The highest BCUT2D eigenvalue weighted by Gasteiger charge is 1.95. The summed E-state index contributed by atoms with van der Waals surface area (Å²) < 4.78 is 0.769. The van der Waals surface area contributed by atoms with E-state index in [2.05, 4.69) is 21.3 Å². The molecule has 0 amide bonds. The predicted molar refractivity (Wildman–Crippen MR) is 35.6 cm³/mol. The second kappa shape index (κ2) is 2.29. The average molecular weight is 187 g/mol. The SMILES string of the molecule is N#Cc1cs[c]c1Br. The first kappa shape index (κ1) is 5.80. The molecule has 39 valence electrons. The lowest BCUT2D eigenvalue weighted by molar-refractivity contribution is 1.50. The topological polar surface area (TPSA) is 23.8 Å². The minimum Gasteiger partial charge on any atom is -0.192 e. The normalized spacial score (nSPS) is 8.50. The zero-order chi connectivity index (χ0) is 5.98. The predicted octanol–water partition coefficient (Wildman–Crippen LogP) is 2.18. The van der Waals surface area contributed by atoms with E-state index in [0.29, 0.717) is 5.56 Å². The molecule has 0 saturated carbocycles. The maximum Gasteiger partial charge on any atom is 0.101 e. The summed E-state index contributed by atoms with van der Waals surface area (Å²) in [6, 6.07) is 2.01. The van der Waals surface area contributed by atoms with Crippen LogP contribution in [-0.2, 0) is 0 Å². The molecule has 0 aliphatic rings. The van der Waals surface area contributed by atoms with Crippen molar-refractivity contribution in [2.45, 2.75) is 0 Å². The van der Waals surface area contributed by atoms with Crippen LogP contribution in [0.15, 0.2) is 9.85 Å². The van der Waals surface area contributed by atoms with Gasteiger partial charge in [0.15, 0.2) is 0 Å². The van der Waals surface area contributed by atoms with Crippen molar-refractivity contribution in [1.29, 1.82) is 5.26 Å². The lowest BCUT2D eigenvalue weighted by Gasteiger charge is -1.73. The molecule has 1 rings (SSSR count). The molecule has 0 fully saturated rings. The molecule has 0 bridgehead atoms. The van der Waals surface area contributed by atoms with E-state index in [-0.39, 0.29) is 0 Å². The molecule has 0 aliphatic heterocycles. The number of thiophene rings is 1. The molecular weight excluding hydrogens is 186 g/mol. The molecule has 1 aromatic rings. The maximum atomic E-state index is 8.31. The van der Waals surface area contributed by atoms with Crippen molar-refractivity contribution in [1.82, 2.24) is 0 Å². The van der Waals surface area contributed by atoms with E-state index in [1.54, 1.807) is 5.38 Å². The second-order valence-corrected chi connectivity index (χ2v) is 2.65. The van der Waals surface area contributed by atoms with Crippen LogP contribution in [-0.4, -0.2) is 0 Å². The molecule has 0 aromatic carbocycles. The van der Waals surface area contributed by atoms with Crippen LogP contribution in [0.25, 0.3) is 0 Å². The zero-order valence-electron chi connectivity index (χ0n) is 3.81. The van der Waals surface area contributed by atoms with Crippen LogP contribution in [0.1, 0.15) is 5.56 Å². The Hall–Kier alpha value is -0.330. The molecule has 0 unspecified atom stereocenters. The highest BCUT2D eigenvalue weighted by Crippen LogP contribution is 2.18. The molecule has 0 spiro atoms. The third kappa shape index (κ3) is 0.908. The molecule has 1 aromatic heterocycles. The summed E-state index contributed by atoms with van der Waals surface area (Å²) in [6.07, 6.45) is 0. The number of rotatable bonds is 0. The van der Waals surface area contributed by atoms with Crippen LogP contribution in [0.3, 0.4) is 0 Å². The van der Waals surface area contributed by atoms with Crippen molar-refractivity contribution < 1.29 is 0 Å². The molecule has 1 radical (unpaired) electrons. The molecule has 0 saturated heterocycles. The zero-order valence-corrected chi connectivity index (χ0v) is 6.21. The van der Waals surface area contributed by atoms with Crippen LogP contribution < -0.4 is 0 Å². The van der Waals surface area contributed by atoms with Gasteiger partial charge >= 0.3 is 0 Å². The van der Waals surface area contributed by atoms with Crippen molar-refractivity contribution in [3.8, 4) is 6.07 Å². The number of nitrogens with zero attached hydrogens (tertiary/aromatic N) is 1. The molecule has 0 N–H and O–H groups in total. The van der Waals surface area contributed by atoms with Crippen molar-refractivity contribution in [2.24, 2.45) is 0 Å². The Balaban J connectivity index is 3.15. The summed E-state index contributed by atoms with van der Waals surface area (Å²) in [5.41, 5.74) is 0.662. The van der Waals surface area contributed by atoms with Crippen LogP contribution >= 0.6 is 27.3 Å². The maximum absolute atomic E-state index is 8.31. The Morgan fingerprint density at radius 3 is 2.88 bits per heavy atom. The molecule has 1 nitrogen and oxygen atoms in total. The molecule has 0 aliphatic carbocycles. The molecule has 0 atom stereocenters. The Morgan fingerprint density at radius 2 is 2.62 bits per heavy atom. The summed E-state index contributed by atoms with van der Waals surface area (Å²) in [6.45, 7) is 0. The van der Waals surface area contributed by atoms with Gasteiger partial charge in [0, 0.05) is 5.38 Å². The van der Waals surface area contributed by atoms with Gasteiger partial charge in [0.1, 0.15) is 6.07 Å². The number of hydrogen-bond acceptors (Lipinski definition) is 2. The van der Waals surface area contributed by atoms with E-state index < -0.39 is 0 Å². The lowest BCUT2D eigenvalue weighted by atomic mass is 10.4. The second-order valence-electron chi connectivity index (χ2n) is 1.18. The molecule has 3 heteroatoms. The Kier molecular flexibility index (Phi) is 1.66. The van der Waals surface area contributed by atoms with E-state index in [0.717, 1.165) is 4.47 Å². The van der Waals surface area contributed by atoms with E-state index >= 15 is 0 Å². The smallest absolute Gasteiger partial charge is 0.101 e. The fourth-order valence-corrected chi connectivity index (χ4v) is 1.52. The Morgan fingerprint density at radius 1 is 1.88 bits per heavy atom. The quantitative estimate of drug-likeness (QED) is 0.610. The van der Waals surface area contributed by atoms with Crippen molar-refractivity contribution >= 4 is 27.3 Å². The van der Waals surface area contributed by atoms with Gasteiger partial charge in [-0.05, 0) is 15.9 Å². The Bertz CT molecular complexity index is 223. The van der Waals surface area contributed by atoms with Gasteiger partial charge in [-0.25, -0.2) is 0 Å². The van der Waals surface area contributed by atoms with Gasteiger partial charge < -0.3 is 0 Å². The van der Waals surface area contributed by atoms with Crippen LogP contribution in [0.2, 0.25) is 0 Å². The molecule has 1 heterocycles. The van der Waals surface area contributed by atoms with Gasteiger partial charge in [-0.3, -0.25) is 0 Å².